The van der Waals surface area contributed by atoms with E-state index in [-0.39, 0.29) is 11.3 Å². The molecule has 0 radical (unpaired) electrons. The lowest BCUT2D eigenvalue weighted by atomic mass is 10.1. The topological polar surface area (TPSA) is 90.1 Å². The van der Waals surface area contributed by atoms with Gasteiger partial charge in [0.05, 0.1) is 6.20 Å². The third kappa shape index (κ3) is 3.72. The van der Waals surface area contributed by atoms with Gasteiger partial charge in [-0.15, -0.1) is 0 Å². The number of nitrogens with zero attached hydrogens (tertiary/aromatic N) is 2. The van der Waals surface area contributed by atoms with Gasteiger partial charge in [-0.3, -0.25) is 9.59 Å². The molecule has 0 saturated carbocycles. The van der Waals surface area contributed by atoms with E-state index >= 15 is 0 Å². The van der Waals surface area contributed by atoms with Crippen LogP contribution in [0.1, 0.15) is 22.3 Å². The van der Waals surface area contributed by atoms with Crippen LogP contribution in [0.3, 0.4) is 0 Å². The van der Waals surface area contributed by atoms with E-state index in [1.54, 1.807) is 24.4 Å². The van der Waals surface area contributed by atoms with Crippen molar-refractivity contribution in [2.45, 2.75) is 13.3 Å². The fraction of sp³-hybridized carbons (Fsp3) is 0.316. The summed E-state index contributed by atoms with van der Waals surface area (Å²) < 4.78 is 0. The molecule has 1 aromatic carbocycles. The fourth-order valence-electron chi connectivity index (χ4n) is 3.14. The molecule has 0 aliphatic carbocycles. The summed E-state index contributed by atoms with van der Waals surface area (Å²) in [7, 11) is 0. The van der Waals surface area contributed by atoms with Crippen LogP contribution in [0, 0.1) is 0 Å². The molecule has 0 spiro atoms. The van der Waals surface area contributed by atoms with E-state index in [1.165, 1.54) is 11.3 Å². The van der Waals surface area contributed by atoms with Gasteiger partial charge < -0.3 is 20.5 Å². The first-order valence-electron chi connectivity index (χ1n) is 9.03. The zero-order chi connectivity index (χ0) is 18.8. The molecule has 1 aliphatic rings. The van der Waals surface area contributed by atoms with Gasteiger partial charge in [-0.2, -0.15) is 0 Å². The molecule has 3 aromatic rings. The van der Waals surface area contributed by atoms with Crippen LogP contribution < -0.4 is 21.0 Å². The highest BCUT2D eigenvalue weighted by Crippen LogP contribution is 2.24. The van der Waals surface area contributed by atoms with Crippen molar-refractivity contribution in [1.82, 2.24) is 15.3 Å². The first-order chi connectivity index (χ1) is 13.1. The molecule has 140 valence electrons. The Morgan fingerprint density at radius 2 is 2.11 bits per heavy atom. The maximum atomic E-state index is 12.6. The van der Waals surface area contributed by atoms with E-state index in [4.69, 9.17) is 0 Å². The fourth-order valence-corrected chi connectivity index (χ4v) is 4.00. The van der Waals surface area contributed by atoms with Gasteiger partial charge >= 0.3 is 0 Å². The first-order valence-corrected chi connectivity index (χ1v) is 9.84. The van der Waals surface area contributed by atoms with E-state index in [0.29, 0.717) is 16.0 Å². The predicted octanol–water partition coefficient (Wildman–Crippen LogP) is 2.21. The zero-order valence-corrected chi connectivity index (χ0v) is 15.9. The van der Waals surface area contributed by atoms with Gasteiger partial charge in [-0.25, -0.2) is 4.98 Å². The molecule has 3 N–H and O–H groups in total. The number of pyridine rings is 1. The minimum Gasteiger partial charge on any atom is -0.358 e. The second kappa shape index (κ2) is 7.50. The molecule has 8 heteroatoms. The standard InChI is InChI=1S/C19H21N5O2S/c1-2-12-10-16(25)14-9-13(3-4-15(14)22-12)23-18(26)17-11-21-19(27-17)24-7-5-20-6-8-24/h3-4,9-11,20H,2,5-8H2,1H3,(H,22,25)(H,23,26). The second-order valence-corrected chi connectivity index (χ2v) is 7.48. The van der Waals surface area contributed by atoms with Gasteiger partial charge in [-0.1, -0.05) is 18.3 Å². The monoisotopic (exact) mass is 383 g/mol. The smallest absolute Gasteiger partial charge is 0.267 e. The maximum Gasteiger partial charge on any atom is 0.267 e. The highest BCUT2D eigenvalue weighted by Gasteiger charge is 2.17. The predicted molar refractivity (Wildman–Crippen MR) is 109 cm³/mol. The Kier molecular flexibility index (Phi) is 4.91. The van der Waals surface area contributed by atoms with Gasteiger partial charge in [0, 0.05) is 54.5 Å². The van der Waals surface area contributed by atoms with Crippen molar-refractivity contribution in [3.8, 4) is 0 Å². The number of hydrogen-bond donors (Lipinski definition) is 3. The zero-order valence-electron chi connectivity index (χ0n) is 15.0. The Morgan fingerprint density at radius 3 is 2.89 bits per heavy atom. The molecule has 2 aromatic heterocycles. The molecule has 27 heavy (non-hydrogen) atoms. The number of nitrogens with one attached hydrogen (secondary N) is 3. The molecule has 1 saturated heterocycles. The summed E-state index contributed by atoms with van der Waals surface area (Å²) in [6, 6.07) is 6.94. The van der Waals surface area contributed by atoms with Crippen molar-refractivity contribution >= 4 is 39.0 Å². The van der Waals surface area contributed by atoms with E-state index in [0.717, 1.165) is 48.9 Å². The van der Waals surface area contributed by atoms with Crippen LogP contribution in [0.5, 0.6) is 0 Å². The Balaban J connectivity index is 1.53. The summed E-state index contributed by atoms with van der Waals surface area (Å²) >= 11 is 1.39. The third-order valence-corrected chi connectivity index (χ3v) is 5.69. The lowest BCUT2D eigenvalue weighted by Gasteiger charge is -2.26. The number of carbonyl (C=O) groups excluding carboxylic acids is 1. The average Bonchev–Trinajstić information content (AvgIpc) is 3.19. The summed E-state index contributed by atoms with van der Waals surface area (Å²) in [4.78, 5) is 35.2. The SMILES string of the molecule is CCc1cc(=O)c2cc(NC(=O)c3cnc(N4CCNCC4)s3)ccc2[nH]1. The van der Waals surface area contributed by atoms with Crippen molar-refractivity contribution in [1.29, 1.82) is 0 Å². The van der Waals surface area contributed by atoms with E-state index in [9.17, 15) is 9.59 Å². The number of rotatable bonds is 4. The number of hydrogen-bond acceptors (Lipinski definition) is 6. The number of fused-ring (bicyclic) bond motifs is 1. The molecule has 1 aliphatic heterocycles. The Labute approximate surface area is 160 Å². The van der Waals surface area contributed by atoms with Gasteiger partial charge in [0.1, 0.15) is 4.88 Å². The normalized spacial score (nSPS) is 14.5. The van der Waals surface area contributed by atoms with E-state index < -0.39 is 0 Å². The van der Waals surface area contributed by atoms with E-state index in [1.807, 2.05) is 13.0 Å². The van der Waals surface area contributed by atoms with Gasteiger partial charge in [0.25, 0.3) is 5.91 Å². The number of aryl methyl sites for hydroxylation is 1. The molecule has 1 amide bonds. The number of aromatic amines is 1. The molecule has 0 atom stereocenters. The first kappa shape index (κ1) is 17.7. The molecule has 1 fully saturated rings. The Hall–Kier alpha value is -2.71. The summed E-state index contributed by atoms with van der Waals surface area (Å²) in [5, 5.41) is 7.60. The minimum absolute atomic E-state index is 0.0458. The molecular weight excluding hydrogens is 362 g/mol. The molecule has 4 rings (SSSR count). The summed E-state index contributed by atoms with van der Waals surface area (Å²) in [6.07, 6.45) is 2.38. The van der Waals surface area contributed by atoms with Crippen molar-refractivity contribution < 1.29 is 4.79 Å². The number of anilines is 2. The largest absolute Gasteiger partial charge is 0.358 e. The maximum absolute atomic E-state index is 12.6. The highest BCUT2D eigenvalue weighted by atomic mass is 32.1. The van der Waals surface area contributed by atoms with Crippen LogP contribution in [0.25, 0.3) is 10.9 Å². The molecule has 0 unspecified atom stereocenters. The molecule has 7 nitrogen and oxygen atoms in total. The lowest BCUT2D eigenvalue weighted by molar-refractivity contribution is 0.103. The molecular formula is C19H21N5O2S. The van der Waals surface area contributed by atoms with Crippen molar-refractivity contribution in [3.63, 3.8) is 0 Å². The van der Waals surface area contributed by atoms with Gasteiger partial charge in [0.2, 0.25) is 0 Å². The molecule has 3 heterocycles. The second-order valence-electron chi connectivity index (χ2n) is 6.47. The Morgan fingerprint density at radius 1 is 1.30 bits per heavy atom. The average molecular weight is 383 g/mol. The van der Waals surface area contributed by atoms with Crippen molar-refractivity contribution in [2.75, 3.05) is 36.4 Å². The van der Waals surface area contributed by atoms with Crippen LogP contribution in [0.2, 0.25) is 0 Å². The lowest BCUT2D eigenvalue weighted by Crippen LogP contribution is -2.43. The van der Waals surface area contributed by atoms with Crippen LogP contribution in [0.15, 0.2) is 35.3 Å². The van der Waals surface area contributed by atoms with Crippen molar-refractivity contribution in [3.05, 3.63) is 51.3 Å². The minimum atomic E-state index is -0.213. The van der Waals surface area contributed by atoms with Crippen LogP contribution in [-0.2, 0) is 6.42 Å². The summed E-state index contributed by atoms with van der Waals surface area (Å²) in [5.74, 6) is -0.213. The number of benzene rings is 1. The number of carbonyl (C=O) groups is 1. The highest BCUT2D eigenvalue weighted by molar-refractivity contribution is 7.17. The summed E-state index contributed by atoms with van der Waals surface area (Å²) in [5.41, 5.74) is 2.22. The number of thiazole rings is 1. The number of amides is 1. The Bertz CT molecular complexity index is 1040. The third-order valence-electron chi connectivity index (χ3n) is 4.63. The molecule has 0 bridgehead atoms. The number of H-pyrrole nitrogens is 1. The van der Waals surface area contributed by atoms with Crippen LogP contribution in [-0.4, -0.2) is 42.1 Å². The quantitative estimate of drug-likeness (QED) is 0.643. The summed E-state index contributed by atoms with van der Waals surface area (Å²) in [6.45, 7) is 5.62. The van der Waals surface area contributed by atoms with Gasteiger partial charge in [0.15, 0.2) is 10.6 Å². The van der Waals surface area contributed by atoms with Crippen molar-refractivity contribution in [2.24, 2.45) is 0 Å². The van der Waals surface area contributed by atoms with E-state index in [2.05, 4.69) is 25.5 Å². The number of piperazine rings is 1. The van der Waals surface area contributed by atoms with Crippen LogP contribution in [0.4, 0.5) is 10.8 Å². The number of aromatic nitrogens is 2. The van der Waals surface area contributed by atoms with Gasteiger partial charge in [-0.05, 0) is 24.6 Å². The van der Waals surface area contributed by atoms with Crippen LogP contribution >= 0.6 is 11.3 Å².